The largest absolute Gasteiger partial charge is 0.456 e. The molecule has 2 heterocycles. The number of piperazine rings is 1. The van der Waals surface area contributed by atoms with Gasteiger partial charge in [0, 0.05) is 32.6 Å². The summed E-state index contributed by atoms with van der Waals surface area (Å²) in [4.78, 5) is 25.5. The van der Waals surface area contributed by atoms with E-state index >= 15 is 0 Å². The average molecular weight is 463 g/mol. The van der Waals surface area contributed by atoms with E-state index in [1.807, 2.05) is 0 Å². The van der Waals surface area contributed by atoms with Crippen LogP contribution in [0, 0.1) is 11.7 Å². The lowest BCUT2D eigenvalue weighted by Gasteiger charge is -2.33. The summed E-state index contributed by atoms with van der Waals surface area (Å²) in [6, 6.07) is 4.53. The summed E-state index contributed by atoms with van der Waals surface area (Å²) < 4.78 is 67.2. The van der Waals surface area contributed by atoms with Gasteiger partial charge in [-0.3, -0.25) is 9.59 Å². The van der Waals surface area contributed by atoms with Crippen molar-refractivity contribution in [1.29, 1.82) is 0 Å². The van der Waals surface area contributed by atoms with Crippen LogP contribution in [0.15, 0.2) is 29.2 Å². The number of halogens is 1. The average Bonchev–Trinajstić information content (AvgIpc) is 3.04. The van der Waals surface area contributed by atoms with Crippen molar-refractivity contribution in [1.82, 2.24) is 9.21 Å². The Labute approximate surface area is 174 Å². The van der Waals surface area contributed by atoms with Crippen molar-refractivity contribution in [2.24, 2.45) is 5.92 Å². The summed E-state index contributed by atoms with van der Waals surface area (Å²) >= 11 is 0. The maximum atomic E-state index is 13.0. The number of esters is 1. The smallest absolute Gasteiger partial charge is 0.306 e. The van der Waals surface area contributed by atoms with E-state index in [9.17, 15) is 30.8 Å². The Morgan fingerprint density at radius 1 is 1.10 bits per heavy atom. The van der Waals surface area contributed by atoms with Gasteiger partial charge in [0.05, 0.1) is 16.4 Å². The minimum atomic E-state index is -3.78. The molecule has 1 unspecified atom stereocenters. The molecule has 0 aliphatic carbocycles. The molecule has 2 fully saturated rings. The van der Waals surface area contributed by atoms with Gasteiger partial charge in [0.25, 0.3) is 5.91 Å². The molecule has 166 valence electrons. The fourth-order valence-electron chi connectivity index (χ4n) is 3.49. The van der Waals surface area contributed by atoms with Crippen molar-refractivity contribution >= 4 is 31.7 Å². The van der Waals surface area contributed by atoms with Crippen molar-refractivity contribution in [3.63, 3.8) is 0 Å². The van der Waals surface area contributed by atoms with E-state index in [1.165, 1.54) is 21.3 Å². The Kier molecular flexibility index (Phi) is 6.78. The molecule has 2 aliphatic heterocycles. The maximum Gasteiger partial charge on any atom is 0.306 e. The summed E-state index contributed by atoms with van der Waals surface area (Å²) in [6.07, 6.45) is 0.367. The summed E-state index contributed by atoms with van der Waals surface area (Å²) in [5.41, 5.74) is 0. The second-order valence-corrected chi connectivity index (χ2v) is 11.5. The number of hydrogen-bond acceptors (Lipinski definition) is 7. The number of amides is 1. The van der Waals surface area contributed by atoms with Crippen LogP contribution < -0.4 is 0 Å². The zero-order valence-electron chi connectivity index (χ0n) is 16.2. The molecule has 0 aromatic heterocycles. The molecule has 0 spiro atoms. The predicted molar refractivity (Wildman–Crippen MR) is 104 cm³/mol. The van der Waals surface area contributed by atoms with Gasteiger partial charge in [-0.1, -0.05) is 0 Å². The number of carbonyl (C=O) groups is 2. The third-order valence-corrected chi connectivity index (χ3v) is 8.93. The van der Waals surface area contributed by atoms with E-state index < -0.39 is 44.2 Å². The Morgan fingerprint density at radius 3 is 2.30 bits per heavy atom. The van der Waals surface area contributed by atoms with Gasteiger partial charge >= 0.3 is 5.97 Å². The van der Waals surface area contributed by atoms with E-state index in [4.69, 9.17) is 4.74 Å². The van der Waals surface area contributed by atoms with Gasteiger partial charge < -0.3 is 9.64 Å². The Balaban J connectivity index is 1.45. The fourth-order valence-corrected chi connectivity index (χ4v) is 6.78. The van der Waals surface area contributed by atoms with Gasteiger partial charge in [0.15, 0.2) is 16.4 Å². The third-order valence-electron chi connectivity index (χ3n) is 5.18. The molecular weight excluding hydrogens is 439 g/mol. The van der Waals surface area contributed by atoms with Crippen LogP contribution in [0.4, 0.5) is 4.39 Å². The molecule has 9 nitrogen and oxygen atoms in total. The molecule has 3 rings (SSSR count). The molecule has 0 radical (unpaired) electrons. The van der Waals surface area contributed by atoms with Crippen molar-refractivity contribution in [2.45, 2.75) is 17.7 Å². The van der Waals surface area contributed by atoms with Crippen LogP contribution in [0.3, 0.4) is 0 Å². The first-order valence-corrected chi connectivity index (χ1v) is 12.7. The lowest BCUT2D eigenvalue weighted by Crippen LogP contribution is -2.51. The number of benzene rings is 1. The first-order valence-electron chi connectivity index (χ1n) is 9.46. The van der Waals surface area contributed by atoms with E-state index in [2.05, 4.69) is 0 Å². The van der Waals surface area contributed by atoms with E-state index in [-0.39, 0.29) is 54.9 Å². The topological polar surface area (TPSA) is 118 Å². The molecule has 0 N–H and O–H groups in total. The minimum Gasteiger partial charge on any atom is -0.456 e. The summed E-state index contributed by atoms with van der Waals surface area (Å²) in [5.74, 6) is -1.86. The molecule has 2 saturated heterocycles. The molecule has 0 bridgehead atoms. The fraction of sp³-hybridized carbons (Fsp3) is 0.556. The molecule has 1 atom stereocenters. The van der Waals surface area contributed by atoms with Crippen molar-refractivity contribution < 1.29 is 35.6 Å². The number of hydrogen-bond donors (Lipinski definition) is 0. The zero-order chi connectivity index (χ0) is 21.9. The number of nitrogens with zero attached hydrogens (tertiary/aromatic N) is 2. The Bertz CT molecular complexity index is 1000. The minimum absolute atomic E-state index is 0.0217. The van der Waals surface area contributed by atoms with Crippen molar-refractivity contribution in [2.75, 3.05) is 44.3 Å². The van der Waals surface area contributed by atoms with Gasteiger partial charge in [-0.15, -0.1) is 0 Å². The van der Waals surface area contributed by atoms with E-state index in [0.717, 1.165) is 12.1 Å². The van der Waals surface area contributed by atoms with Crippen molar-refractivity contribution in [3.8, 4) is 0 Å². The van der Waals surface area contributed by atoms with Crippen LogP contribution in [0.1, 0.15) is 12.8 Å². The maximum absolute atomic E-state index is 13.0. The molecule has 12 heteroatoms. The summed E-state index contributed by atoms with van der Waals surface area (Å²) in [5, 5.41) is 0. The molecule has 1 amide bonds. The van der Waals surface area contributed by atoms with E-state index in [1.54, 1.807) is 0 Å². The molecule has 1 aromatic carbocycles. The highest BCUT2D eigenvalue weighted by Gasteiger charge is 2.32. The van der Waals surface area contributed by atoms with E-state index in [0.29, 0.717) is 6.42 Å². The van der Waals surface area contributed by atoms with Gasteiger partial charge in [-0.25, -0.2) is 21.2 Å². The Morgan fingerprint density at radius 2 is 1.73 bits per heavy atom. The molecular formula is C18H23FN2O7S2. The van der Waals surface area contributed by atoms with Crippen LogP contribution in [-0.4, -0.2) is 82.2 Å². The molecule has 1 aromatic rings. The number of sulfone groups is 1. The van der Waals surface area contributed by atoms with Gasteiger partial charge in [0.2, 0.25) is 10.0 Å². The van der Waals surface area contributed by atoms with Crippen LogP contribution in [-0.2, 0) is 34.2 Å². The SMILES string of the molecule is O=C(CC1CCS(=O)(=O)C1)OCC(=O)N1CCN(S(=O)(=O)c2ccc(F)cc2)CC1. The highest BCUT2D eigenvalue weighted by Crippen LogP contribution is 2.22. The number of carbonyl (C=O) groups excluding carboxylic acids is 2. The zero-order valence-corrected chi connectivity index (χ0v) is 17.8. The van der Waals surface area contributed by atoms with Gasteiger partial charge in [-0.2, -0.15) is 4.31 Å². The third kappa shape index (κ3) is 5.55. The second-order valence-electron chi connectivity index (χ2n) is 7.37. The summed E-state index contributed by atoms with van der Waals surface area (Å²) in [7, 11) is -6.87. The lowest BCUT2D eigenvalue weighted by atomic mass is 10.1. The van der Waals surface area contributed by atoms with Gasteiger partial charge in [-0.05, 0) is 36.6 Å². The van der Waals surface area contributed by atoms with Crippen molar-refractivity contribution in [3.05, 3.63) is 30.1 Å². The Hall–Kier alpha value is -2.05. The second kappa shape index (κ2) is 8.98. The summed E-state index contributed by atoms with van der Waals surface area (Å²) in [6.45, 7) is -0.0585. The molecule has 30 heavy (non-hydrogen) atoms. The lowest BCUT2D eigenvalue weighted by molar-refractivity contribution is -0.153. The highest BCUT2D eigenvalue weighted by molar-refractivity contribution is 7.91. The normalized spacial score (nSPS) is 22.0. The molecule has 2 aliphatic rings. The quantitative estimate of drug-likeness (QED) is 0.547. The highest BCUT2D eigenvalue weighted by atomic mass is 32.2. The van der Waals surface area contributed by atoms with Crippen LogP contribution >= 0.6 is 0 Å². The number of sulfonamides is 1. The first-order chi connectivity index (χ1) is 14.1. The number of ether oxygens (including phenoxy) is 1. The standard InChI is InChI=1S/C18H23FN2O7S2/c19-15-1-3-16(4-2-15)30(26,27)21-8-6-20(7-9-21)17(22)12-28-18(23)11-14-5-10-29(24,25)13-14/h1-4,14H,5-13H2. The van der Waals surface area contributed by atoms with Crippen LogP contribution in [0.25, 0.3) is 0 Å². The predicted octanol–water partition coefficient (Wildman–Crippen LogP) is 0.0266. The first kappa shape index (κ1) is 22.6. The monoisotopic (exact) mass is 462 g/mol. The van der Waals surface area contributed by atoms with Gasteiger partial charge in [0.1, 0.15) is 5.82 Å². The molecule has 0 saturated carbocycles. The number of rotatable bonds is 6. The van der Waals surface area contributed by atoms with Crippen LogP contribution in [0.2, 0.25) is 0 Å². The van der Waals surface area contributed by atoms with Crippen LogP contribution in [0.5, 0.6) is 0 Å².